The molecule has 0 spiro atoms. The molecule has 184 valence electrons. The summed E-state index contributed by atoms with van der Waals surface area (Å²) in [5, 5.41) is 5.78. The summed E-state index contributed by atoms with van der Waals surface area (Å²) in [5.41, 5.74) is 14.3. The Balaban J connectivity index is 1.35. The summed E-state index contributed by atoms with van der Waals surface area (Å²) in [6.45, 7) is 5.06. The lowest BCUT2D eigenvalue weighted by molar-refractivity contribution is 0.219. The molecule has 4 aliphatic rings. The van der Waals surface area contributed by atoms with E-state index in [1.807, 2.05) is 0 Å². The van der Waals surface area contributed by atoms with Crippen LogP contribution < -0.4 is 16.3 Å². The highest BCUT2D eigenvalue weighted by Gasteiger charge is 2.31. The molecule has 3 aliphatic heterocycles. The second-order valence-corrected chi connectivity index (χ2v) is 10.6. The molecule has 6 rings (SSSR count). The molecular formula is C28H33ClFN5. The van der Waals surface area contributed by atoms with E-state index in [0.717, 1.165) is 49.9 Å². The Bertz CT molecular complexity index is 1190. The Kier molecular flexibility index (Phi) is 6.21. The SMILES string of the molecule is CC1=C2c3ccc(C4=CCN(C5CCCC5)CC4)cc3C(Nc3cccc(Cl)c3F)CCN2NN1. The second-order valence-electron chi connectivity index (χ2n) is 10.2. The van der Waals surface area contributed by atoms with Crippen molar-refractivity contribution in [2.45, 2.75) is 57.5 Å². The smallest absolute Gasteiger partial charge is 0.164 e. The van der Waals surface area contributed by atoms with Crippen molar-refractivity contribution < 1.29 is 4.39 Å². The second kappa shape index (κ2) is 9.49. The maximum absolute atomic E-state index is 14.8. The molecule has 1 saturated carbocycles. The minimum Gasteiger partial charge on any atom is -0.376 e. The molecule has 5 nitrogen and oxygen atoms in total. The predicted molar refractivity (Wildman–Crippen MR) is 141 cm³/mol. The highest BCUT2D eigenvalue weighted by atomic mass is 35.5. The van der Waals surface area contributed by atoms with Gasteiger partial charge in [0.1, 0.15) is 0 Å². The lowest BCUT2D eigenvalue weighted by Gasteiger charge is -2.32. The van der Waals surface area contributed by atoms with E-state index >= 15 is 0 Å². The number of hydrogen-bond acceptors (Lipinski definition) is 5. The van der Waals surface area contributed by atoms with Crippen molar-refractivity contribution in [3.05, 3.63) is 75.7 Å². The Hall–Kier alpha value is -2.54. The fraction of sp³-hybridized carbons (Fsp3) is 0.429. The summed E-state index contributed by atoms with van der Waals surface area (Å²) in [5.74, 6) is -0.395. The molecular weight excluding hydrogens is 461 g/mol. The van der Waals surface area contributed by atoms with E-state index in [1.165, 1.54) is 47.9 Å². The van der Waals surface area contributed by atoms with Gasteiger partial charge in [0, 0.05) is 31.2 Å². The molecule has 1 atom stereocenters. The lowest BCUT2D eigenvalue weighted by Crippen LogP contribution is -2.38. The summed E-state index contributed by atoms with van der Waals surface area (Å²) in [4.78, 5) is 2.66. The maximum Gasteiger partial charge on any atom is 0.164 e. The Labute approximate surface area is 212 Å². The van der Waals surface area contributed by atoms with Gasteiger partial charge in [-0.05, 0) is 67.5 Å². The average molecular weight is 494 g/mol. The summed E-state index contributed by atoms with van der Waals surface area (Å²) >= 11 is 6.09. The topological polar surface area (TPSA) is 42.6 Å². The largest absolute Gasteiger partial charge is 0.376 e. The summed E-state index contributed by atoms with van der Waals surface area (Å²) in [6, 6.07) is 12.7. The van der Waals surface area contributed by atoms with Crippen LogP contribution in [-0.4, -0.2) is 35.6 Å². The van der Waals surface area contributed by atoms with E-state index < -0.39 is 5.82 Å². The van der Waals surface area contributed by atoms with Crippen LogP contribution in [0.4, 0.5) is 10.1 Å². The molecule has 0 bridgehead atoms. The van der Waals surface area contributed by atoms with Gasteiger partial charge in [0.25, 0.3) is 0 Å². The third-order valence-corrected chi connectivity index (χ3v) is 8.35. The van der Waals surface area contributed by atoms with E-state index in [1.54, 1.807) is 18.2 Å². The van der Waals surface area contributed by atoms with Gasteiger partial charge in [0.05, 0.1) is 28.1 Å². The predicted octanol–water partition coefficient (Wildman–Crippen LogP) is 6.08. The van der Waals surface area contributed by atoms with Crippen LogP contribution in [0.15, 0.2) is 48.2 Å². The monoisotopic (exact) mass is 493 g/mol. The van der Waals surface area contributed by atoms with Crippen molar-refractivity contribution in [2.24, 2.45) is 0 Å². The first-order valence-electron chi connectivity index (χ1n) is 12.9. The van der Waals surface area contributed by atoms with E-state index in [9.17, 15) is 4.39 Å². The number of hydrogen-bond donors (Lipinski definition) is 3. The van der Waals surface area contributed by atoms with Crippen LogP contribution >= 0.6 is 11.6 Å². The molecule has 35 heavy (non-hydrogen) atoms. The zero-order valence-electron chi connectivity index (χ0n) is 20.2. The van der Waals surface area contributed by atoms with E-state index in [0.29, 0.717) is 5.69 Å². The van der Waals surface area contributed by atoms with Gasteiger partial charge in [-0.1, -0.05) is 48.7 Å². The van der Waals surface area contributed by atoms with Crippen molar-refractivity contribution in [1.82, 2.24) is 20.9 Å². The first-order valence-corrected chi connectivity index (χ1v) is 13.2. The van der Waals surface area contributed by atoms with Gasteiger partial charge < -0.3 is 10.7 Å². The highest BCUT2D eigenvalue weighted by molar-refractivity contribution is 6.31. The third kappa shape index (κ3) is 4.32. The molecule has 1 fully saturated rings. The number of fused-ring (bicyclic) bond motifs is 3. The molecule has 1 aliphatic carbocycles. The standard InChI is InChI=1S/C28H33ClFN5/c1-18-28-22-10-9-20(19-11-14-34(15-12-19)21-5-2-3-6-21)17-23(22)25(13-16-35(28)33-32-18)31-26-8-4-7-24(29)27(26)30/h4,7-11,17,21,25,31-33H,2-3,5-6,12-16H2,1H3. The van der Waals surface area contributed by atoms with Crippen LogP contribution in [-0.2, 0) is 0 Å². The fourth-order valence-corrected chi connectivity index (χ4v) is 6.34. The molecule has 1 unspecified atom stereocenters. The van der Waals surface area contributed by atoms with Gasteiger partial charge in [-0.15, -0.1) is 5.53 Å². The van der Waals surface area contributed by atoms with Gasteiger partial charge >= 0.3 is 0 Å². The Morgan fingerprint density at radius 3 is 2.74 bits per heavy atom. The van der Waals surface area contributed by atoms with Crippen LogP contribution in [0.5, 0.6) is 0 Å². The quantitative estimate of drug-likeness (QED) is 0.481. The molecule has 0 amide bonds. The number of halogens is 2. The van der Waals surface area contributed by atoms with Gasteiger partial charge in [-0.2, -0.15) is 0 Å². The van der Waals surface area contributed by atoms with Crippen LogP contribution in [0.2, 0.25) is 5.02 Å². The van der Waals surface area contributed by atoms with Gasteiger partial charge in [-0.25, -0.2) is 4.39 Å². The van der Waals surface area contributed by atoms with E-state index in [-0.39, 0.29) is 11.1 Å². The molecule has 0 radical (unpaired) electrons. The van der Waals surface area contributed by atoms with Crippen LogP contribution in [0, 0.1) is 5.82 Å². The maximum atomic E-state index is 14.8. The minimum atomic E-state index is -0.395. The zero-order valence-corrected chi connectivity index (χ0v) is 21.0. The minimum absolute atomic E-state index is 0.0372. The average Bonchev–Trinajstić information content (AvgIpc) is 3.51. The molecule has 0 saturated heterocycles. The first kappa shape index (κ1) is 22.9. The Morgan fingerprint density at radius 2 is 1.94 bits per heavy atom. The molecule has 2 aromatic rings. The highest BCUT2D eigenvalue weighted by Crippen LogP contribution is 2.40. The van der Waals surface area contributed by atoms with Crippen molar-refractivity contribution >= 4 is 28.6 Å². The van der Waals surface area contributed by atoms with Crippen molar-refractivity contribution in [2.75, 3.05) is 25.0 Å². The van der Waals surface area contributed by atoms with Gasteiger partial charge in [0.2, 0.25) is 0 Å². The van der Waals surface area contributed by atoms with Gasteiger partial charge in [-0.3, -0.25) is 9.91 Å². The number of benzene rings is 2. The Morgan fingerprint density at radius 1 is 1.09 bits per heavy atom. The number of nitrogens with one attached hydrogen (secondary N) is 3. The van der Waals surface area contributed by atoms with Gasteiger partial charge in [0.15, 0.2) is 5.82 Å². The van der Waals surface area contributed by atoms with Crippen LogP contribution in [0.25, 0.3) is 11.3 Å². The van der Waals surface area contributed by atoms with E-state index in [2.05, 4.69) is 57.4 Å². The summed E-state index contributed by atoms with van der Waals surface area (Å²) in [6.07, 6.45) is 9.77. The molecule has 0 aromatic heterocycles. The summed E-state index contributed by atoms with van der Waals surface area (Å²) in [7, 11) is 0. The number of allylic oxidation sites excluding steroid dienone is 1. The van der Waals surface area contributed by atoms with Crippen molar-refractivity contribution in [3.63, 3.8) is 0 Å². The number of anilines is 1. The zero-order chi connectivity index (χ0) is 23.9. The fourth-order valence-electron chi connectivity index (χ4n) is 6.17. The molecule has 3 heterocycles. The molecule has 2 aromatic carbocycles. The van der Waals surface area contributed by atoms with Crippen molar-refractivity contribution in [1.29, 1.82) is 0 Å². The summed E-state index contributed by atoms with van der Waals surface area (Å²) < 4.78 is 14.8. The number of rotatable bonds is 4. The van der Waals surface area contributed by atoms with Crippen LogP contribution in [0.1, 0.15) is 68.2 Å². The first-order chi connectivity index (χ1) is 17.1. The normalized spacial score (nSPS) is 23.0. The third-order valence-electron chi connectivity index (χ3n) is 8.06. The number of hydrazine groups is 2. The van der Waals surface area contributed by atoms with Crippen LogP contribution in [0.3, 0.4) is 0 Å². The lowest BCUT2D eigenvalue weighted by atomic mass is 9.90. The molecule has 7 heteroatoms. The van der Waals surface area contributed by atoms with E-state index in [4.69, 9.17) is 11.6 Å². The molecule has 3 N–H and O–H groups in total. The van der Waals surface area contributed by atoms with Crippen molar-refractivity contribution in [3.8, 4) is 0 Å². The number of nitrogens with zero attached hydrogens (tertiary/aromatic N) is 2.